The van der Waals surface area contributed by atoms with Gasteiger partial charge in [-0.1, -0.05) is 26.7 Å². The van der Waals surface area contributed by atoms with Crippen LogP contribution in [0.2, 0.25) is 0 Å². The highest BCUT2D eigenvalue weighted by Crippen LogP contribution is 2.32. The Morgan fingerprint density at radius 3 is 1.42 bits per heavy atom. The van der Waals surface area contributed by atoms with E-state index in [1.807, 2.05) is 41.5 Å². The third-order valence-corrected chi connectivity index (χ3v) is 11.6. The lowest BCUT2D eigenvalue weighted by Gasteiger charge is -2.30. The SMILES string of the molecule is CCNC(=O)C1CCC(CN2C(=O)CC(SCC)C2=O)CC1.CCNC(=O)CCCCCCC(=O)NCC.CCNC(=O)CCN1C(=O)CC(SCC)C1=O. The molecule has 3 rings (SSSR count). The highest BCUT2D eigenvalue weighted by atomic mass is 32.2. The summed E-state index contributed by atoms with van der Waals surface area (Å²) in [5.74, 6) is 2.06. The molecule has 3 aliphatic rings. The quantitative estimate of drug-likeness (QED) is 0.0980. The first-order valence-electron chi connectivity index (χ1n) is 20.4. The van der Waals surface area contributed by atoms with Crippen molar-refractivity contribution >= 4 is 70.8 Å². The molecule has 4 N–H and O–H groups in total. The van der Waals surface area contributed by atoms with Crippen LogP contribution in [0.25, 0.3) is 0 Å². The second-order valence-electron chi connectivity index (χ2n) is 13.7. The van der Waals surface area contributed by atoms with Crippen molar-refractivity contribution in [3.8, 4) is 0 Å². The average molecular weight is 813 g/mol. The molecule has 1 aliphatic carbocycles. The standard InChI is InChI=1S/C16H26N2O3S.C12H24N2O2.C11H18N2O3S/c1-3-17-15(20)12-7-5-11(6-8-12)10-18-14(19)9-13(16(18)21)22-4-2;1-3-13-11(15)9-7-5-6-8-10-12(16)14-4-2;1-3-12-9(14)5-6-13-10(15)7-8(11(13)16)17-4-2/h11-13H,3-10H2,1-2H3,(H,17,20);3-10H2,1-2H3,(H,13,15)(H,14,16);8H,3-7H2,1-2H3,(H,12,14). The Balaban J connectivity index is 0.000000420. The van der Waals surface area contributed by atoms with E-state index in [1.165, 1.54) is 21.6 Å². The Hall–Kier alpha value is -3.14. The maximum Gasteiger partial charge on any atom is 0.242 e. The minimum absolute atomic E-state index is 0.0114. The molecule has 2 aliphatic heterocycles. The number of unbranched alkanes of at least 4 members (excludes halogenated alkanes) is 3. The van der Waals surface area contributed by atoms with Crippen LogP contribution >= 0.6 is 23.5 Å². The Labute approximate surface area is 337 Å². The zero-order valence-corrected chi connectivity index (χ0v) is 35.8. The van der Waals surface area contributed by atoms with Crippen molar-refractivity contribution in [3.05, 3.63) is 0 Å². The Morgan fingerprint density at radius 2 is 0.982 bits per heavy atom. The summed E-state index contributed by atoms with van der Waals surface area (Å²) in [7, 11) is 0. The molecule has 1 saturated carbocycles. The highest BCUT2D eigenvalue weighted by molar-refractivity contribution is 8.00. The number of likely N-dealkylation sites (tertiary alicyclic amines) is 2. The van der Waals surface area contributed by atoms with E-state index in [2.05, 4.69) is 21.3 Å². The van der Waals surface area contributed by atoms with Gasteiger partial charge in [0.25, 0.3) is 0 Å². The third kappa shape index (κ3) is 19.5. The number of carbonyl (C=O) groups excluding carboxylic acids is 8. The van der Waals surface area contributed by atoms with E-state index in [1.54, 1.807) is 11.8 Å². The summed E-state index contributed by atoms with van der Waals surface area (Å²) in [5.41, 5.74) is 0. The van der Waals surface area contributed by atoms with Gasteiger partial charge in [0, 0.05) is 77.3 Å². The Morgan fingerprint density at radius 1 is 0.564 bits per heavy atom. The lowest BCUT2D eigenvalue weighted by molar-refractivity contribution is -0.140. The minimum Gasteiger partial charge on any atom is -0.356 e. The number of amides is 8. The molecule has 16 heteroatoms. The molecular weight excluding hydrogens is 745 g/mol. The van der Waals surface area contributed by atoms with Crippen LogP contribution in [0, 0.1) is 11.8 Å². The van der Waals surface area contributed by atoms with Crippen molar-refractivity contribution in [2.75, 3.05) is 50.8 Å². The van der Waals surface area contributed by atoms with Gasteiger partial charge < -0.3 is 21.3 Å². The van der Waals surface area contributed by atoms with Gasteiger partial charge in [-0.3, -0.25) is 48.2 Å². The third-order valence-electron chi connectivity index (χ3n) is 9.39. The van der Waals surface area contributed by atoms with Crippen molar-refractivity contribution in [1.82, 2.24) is 31.1 Å². The number of nitrogens with one attached hydrogen (secondary N) is 4. The molecule has 2 heterocycles. The van der Waals surface area contributed by atoms with Gasteiger partial charge in [-0.2, -0.15) is 0 Å². The fourth-order valence-electron chi connectivity index (χ4n) is 6.57. The van der Waals surface area contributed by atoms with Gasteiger partial charge in [0.15, 0.2) is 0 Å². The number of hydrogen-bond acceptors (Lipinski definition) is 10. The monoisotopic (exact) mass is 812 g/mol. The topological polar surface area (TPSA) is 191 Å². The van der Waals surface area contributed by atoms with Crippen LogP contribution in [-0.2, 0) is 38.4 Å². The fraction of sp³-hybridized carbons (Fsp3) is 0.795. The molecule has 0 aromatic rings. The number of rotatable bonds is 21. The Kier molecular flexibility index (Phi) is 26.4. The van der Waals surface area contributed by atoms with E-state index in [4.69, 9.17) is 0 Å². The zero-order valence-electron chi connectivity index (χ0n) is 34.1. The molecule has 2 unspecified atom stereocenters. The first kappa shape index (κ1) is 49.9. The lowest BCUT2D eigenvalue weighted by atomic mass is 9.81. The van der Waals surface area contributed by atoms with Gasteiger partial charge in [-0.25, -0.2) is 0 Å². The average Bonchev–Trinajstić information content (AvgIpc) is 3.57. The fourth-order valence-corrected chi connectivity index (χ4v) is 8.44. The summed E-state index contributed by atoms with van der Waals surface area (Å²) >= 11 is 3.05. The second-order valence-corrected chi connectivity index (χ2v) is 16.6. The Bertz CT molecular complexity index is 1220. The number of hydrogen-bond donors (Lipinski definition) is 4. The molecule has 0 aromatic carbocycles. The van der Waals surface area contributed by atoms with Crippen molar-refractivity contribution in [3.63, 3.8) is 0 Å². The normalized spacial score (nSPS) is 20.6. The second kappa shape index (κ2) is 29.1. The molecule has 2 saturated heterocycles. The van der Waals surface area contributed by atoms with Gasteiger partial charge in [0.05, 0.1) is 10.5 Å². The molecule has 14 nitrogen and oxygen atoms in total. The molecule has 0 spiro atoms. The first-order valence-corrected chi connectivity index (χ1v) is 22.5. The maximum atomic E-state index is 12.3. The van der Waals surface area contributed by atoms with Crippen molar-refractivity contribution in [2.45, 2.75) is 136 Å². The summed E-state index contributed by atoms with van der Waals surface area (Å²) in [5, 5.41) is 10.6. The van der Waals surface area contributed by atoms with E-state index in [0.717, 1.165) is 62.9 Å². The lowest BCUT2D eigenvalue weighted by Crippen LogP contribution is -2.38. The molecule has 0 aromatic heterocycles. The predicted octanol–water partition coefficient (Wildman–Crippen LogP) is 3.80. The van der Waals surface area contributed by atoms with Crippen LogP contribution in [0.1, 0.15) is 125 Å². The first-order chi connectivity index (χ1) is 26.4. The molecule has 8 amide bonds. The zero-order chi connectivity index (χ0) is 41.2. The van der Waals surface area contributed by atoms with Crippen LogP contribution < -0.4 is 21.3 Å². The number of thioether (sulfide) groups is 2. The molecule has 314 valence electrons. The van der Waals surface area contributed by atoms with Gasteiger partial charge in [-0.15, -0.1) is 23.5 Å². The van der Waals surface area contributed by atoms with Gasteiger partial charge >= 0.3 is 0 Å². The van der Waals surface area contributed by atoms with Crippen LogP contribution in [0.5, 0.6) is 0 Å². The van der Waals surface area contributed by atoms with Gasteiger partial charge in [-0.05, 0) is 83.6 Å². The van der Waals surface area contributed by atoms with Crippen molar-refractivity contribution in [1.29, 1.82) is 0 Å². The molecule has 55 heavy (non-hydrogen) atoms. The summed E-state index contributed by atoms with van der Waals surface area (Å²) in [6, 6.07) is 0. The van der Waals surface area contributed by atoms with E-state index >= 15 is 0 Å². The largest absolute Gasteiger partial charge is 0.356 e. The van der Waals surface area contributed by atoms with Crippen LogP contribution in [0.3, 0.4) is 0 Å². The highest BCUT2D eigenvalue weighted by Gasteiger charge is 2.40. The summed E-state index contributed by atoms with van der Waals surface area (Å²) in [4.78, 5) is 95.7. The molecule has 0 bridgehead atoms. The van der Waals surface area contributed by atoms with Crippen molar-refractivity contribution < 1.29 is 38.4 Å². The summed E-state index contributed by atoms with van der Waals surface area (Å²) < 4.78 is 0. The maximum absolute atomic E-state index is 12.3. The summed E-state index contributed by atoms with van der Waals surface area (Å²) in [6.45, 7) is 15.0. The van der Waals surface area contributed by atoms with E-state index in [-0.39, 0.29) is 83.1 Å². The van der Waals surface area contributed by atoms with Crippen molar-refractivity contribution in [2.24, 2.45) is 11.8 Å². The van der Waals surface area contributed by atoms with Crippen LogP contribution in [-0.4, -0.2) is 118 Å². The van der Waals surface area contributed by atoms with E-state index in [9.17, 15) is 38.4 Å². The number of nitrogens with zero attached hydrogens (tertiary/aromatic N) is 2. The van der Waals surface area contributed by atoms with E-state index < -0.39 is 0 Å². The van der Waals surface area contributed by atoms with Gasteiger partial charge in [0.2, 0.25) is 47.3 Å². The predicted molar refractivity (Wildman–Crippen MR) is 219 cm³/mol. The molecule has 3 fully saturated rings. The smallest absolute Gasteiger partial charge is 0.242 e. The summed E-state index contributed by atoms with van der Waals surface area (Å²) in [6.07, 6.45) is 9.47. The van der Waals surface area contributed by atoms with Gasteiger partial charge in [0.1, 0.15) is 0 Å². The van der Waals surface area contributed by atoms with E-state index in [0.29, 0.717) is 57.9 Å². The molecule has 2 atom stereocenters. The van der Waals surface area contributed by atoms with Crippen LogP contribution in [0.4, 0.5) is 0 Å². The number of imide groups is 2. The minimum atomic E-state index is -0.248. The number of carbonyl (C=O) groups is 8. The molecular formula is C39H68N6O8S2. The van der Waals surface area contributed by atoms with Crippen LogP contribution in [0.15, 0.2) is 0 Å². The molecule has 0 radical (unpaired) electrons.